The van der Waals surface area contributed by atoms with Crippen LogP contribution in [0.25, 0.3) is 0 Å². The van der Waals surface area contributed by atoms with E-state index in [9.17, 15) is 0 Å². The maximum absolute atomic E-state index is 5.72. The van der Waals surface area contributed by atoms with Gasteiger partial charge in [-0.1, -0.05) is 24.3 Å². The average molecular weight is 263 g/mol. The molecule has 0 aliphatic rings. The highest BCUT2D eigenvalue weighted by Crippen LogP contribution is 1.99. The van der Waals surface area contributed by atoms with Gasteiger partial charge in [-0.15, -0.1) is 3.69 Å². The fourth-order valence-electron chi connectivity index (χ4n) is 0.573. The van der Waals surface area contributed by atoms with E-state index in [1.807, 2.05) is 0 Å². The molecule has 1 aromatic carbocycles. The zero-order valence-corrected chi connectivity index (χ0v) is 9.10. The van der Waals surface area contributed by atoms with E-state index in [-0.39, 0.29) is 0 Å². The third kappa shape index (κ3) is 2.61. The standard InChI is InChI=1S/C6H4I.ClH.Mg/c7-6-4-2-1-3-5-6;;/h2-5H;1H;/q;;+1/p-1. The molecule has 0 saturated carbocycles. The minimum absolute atomic E-state index is 0.456. The summed E-state index contributed by atoms with van der Waals surface area (Å²) in [5, 5.41) is 0. The first-order valence-electron chi connectivity index (χ1n) is 2.63. The van der Waals surface area contributed by atoms with Gasteiger partial charge >= 0.3 is 19.3 Å². The summed E-state index contributed by atoms with van der Waals surface area (Å²) in [6.45, 7) is 0. The van der Waals surface area contributed by atoms with E-state index in [0.717, 1.165) is 0 Å². The third-order valence-corrected chi connectivity index (χ3v) is 3.49. The fourth-order valence-corrected chi connectivity index (χ4v) is 1.88. The number of benzene rings is 1. The Morgan fingerprint density at radius 1 is 1.22 bits per heavy atom. The zero-order valence-electron chi connectivity index (χ0n) is 4.77. The van der Waals surface area contributed by atoms with Crippen LogP contribution in [-0.4, -0.2) is 19.3 Å². The van der Waals surface area contributed by atoms with E-state index in [0.29, 0.717) is 0 Å². The van der Waals surface area contributed by atoms with Crippen LogP contribution in [0.1, 0.15) is 0 Å². The molecule has 3 heteroatoms. The van der Waals surface area contributed by atoms with Crippen LogP contribution in [0.15, 0.2) is 24.3 Å². The second-order valence-corrected chi connectivity index (χ2v) is 4.89. The van der Waals surface area contributed by atoms with Crippen molar-refractivity contribution in [1.29, 1.82) is 0 Å². The Labute approximate surface area is 81.6 Å². The predicted octanol–water partition coefficient (Wildman–Crippen LogP) is 1.77. The quantitative estimate of drug-likeness (QED) is 0.535. The fraction of sp³-hybridized carbons (Fsp3) is 0. The van der Waals surface area contributed by atoms with Gasteiger partial charge in [0.05, 0.1) is 0 Å². The number of rotatable bonds is 1. The molecule has 0 fully saturated rings. The van der Waals surface area contributed by atoms with Crippen molar-refractivity contribution in [2.75, 3.05) is 0 Å². The maximum Gasteiger partial charge on any atom is 0.538 e. The minimum atomic E-state index is -0.456. The highest BCUT2D eigenvalue weighted by atomic mass is 127. The maximum atomic E-state index is 5.72. The SMILES string of the molecule is [Cl][Mg][c]1ccc(I)cc1. The Morgan fingerprint density at radius 3 is 2.22 bits per heavy atom. The first kappa shape index (κ1) is 8.11. The molecule has 1 rings (SSSR count). The number of halogens is 2. The van der Waals surface area contributed by atoms with Gasteiger partial charge in [0.15, 0.2) is 0 Å². The number of hydrogen-bond acceptors (Lipinski definition) is 0. The number of hydrogen-bond donors (Lipinski definition) is 0. The van der Waals surface area contributed by atoms with E-state index >= 15 is 0 Å². The van der Waals surface area contributed by atoms with Crippen molar-refractivity contribution in [2.24, 2.45) is 0 Å². The van der Waals surface area contributed by atoms with E-state index in [2.05, 4.69) is 46.9 Å². The van der Waals surface area contributed by atoms with Crippen LogP contribution in [-0.2, 0) is 0 Å². The van der Waals surface area contributed by atoms with Gasteiger partial charge in [0.2, 0.25) is 0 Å². The molecule has 0 heterocycles. The van der Waals surface area contributed by atoms with Crippen molar-refractivity contribution in [1.82, 2.24) is 0 Å². The van der Waals surface area contributed by atoms with Crippen molar-refractivity contribution in [3.05, 3.63) is 27.8 Å². The molecular weight excluding hydrogens is 259 g/mol. The molecule has 0 aliphatic heterocycles. The summed E-state index contributed by atoms with van der Waals surface area (Å²) in [6, 6.07) is 8.37. The average Bonchev–Trinajstić information content (AvgIpc) is 1.90. The summed E-state index contributed by atoms with van der Waals surface area (Å²) < 4.78 is 2.59. The lowest BCUT2D eigenvalue weighted by molar-refractivity contribution is 1.69. The molecule has 0 atom stereocenters. The molecule has 0 aliphatic carbocycles. The Bertz CT molecular complexity index is 185. The molecule has 9 heavy (non-hydrogen) atoms. The predicted molar refractivity (Wildman–Crippen MR) is 50.4 cm³/mol. The highest BCUT2D eigenvalue weighted by Gasteiger charge is 1.92. The van der Waals surface area contributed by atoms with Crippen LogP contribution >= 0.6 is 31.7 Å². The van der Waals surface area contributed by atoms with Crippen molar-refractivity contribution in [3.8, 4) is 0 Å². The van der Waals surface area contributed by atoms with Gasteiger partial charge < -0.3 is 9.07 Å². The van der Waals surface area contributed by atoms with E-state index in [1.54, 1.807) is 0 Å². The Morgan fingerprint density at radius 2 is 1.78 bits per heavy atom. The van der Waals surface area contributed by atoms with Gasteiger partial charge in [-0.2, -0.15) is 0 Å². The Hall–Kier alpha value is 1.01. The molecule has 0 radical (unpaired) electrons. The summed E-state index contributed by atoms with van der Waals surface area (Å²) in [5.41, 5.74) is 0. The molecule has 0 aromatic heterocycles. The Balaban J connectivity index is 2.88. The van der Waals surface area contributed by atoms with E-state index in [1.165, 1.54) is 7.26 Å². The van der Waals surface area contributed by atoms with Crippen LogP contribution in [0, 0.1) is 3.57 Å². The first-order chi connectivity index (χ1) is 4.33. The summed E-state index contributed by atoms with van der Waals surface area (Å²) in [4.78, 5) is 0. The lowest BCUT2D eigenvalue weighted by atomic mass is 10.4. The highest BCUT2D eigenvalue weighted by molar-refractivity contribution is 14.1. The van der Waals surface area contributed by atoms with Crippen LogP contribution < -0.4 is 3.69 Å². The normalized spacial score (nSPS) is 8.67. The molecule has 44 valence electrons. The second kappa shape index (κ2) is 4.00. The third-order valence-electron chi connectivity index (χ3n) is 1.07. The van der Waals surface area contributed by atoms with Crippen molar-refractivity contribution in [2.45, 2.75) is 0 Å². The lowest BCUT2D eigenvalue weighted by Crippen LogP contribution is -2.06. The molecule has 0 unspecified atom stereocenters. The molecule has 0 spiro atoms. The second-order valence-electron chi connectivity index (χ2n) is 1.76. The van der Waals surface area contributed by atoms with Gasteiger partial charge in [0.1, 0.15) is 0 Å². The molecule has 0 bridgehead atoms. The van der Waals surface area contributed by atoms with Crippen LogP contribution in [0.5, 0.6) is 0 Å². The summed E-state index contributed by atoms with van der Waals surface area (Å²) in [7, 11) is 5.72. The molecule has 1 aromatic rings. The van der Waals surface area contributed by atoms with Crippen LogP contribution in [0.4, 0.5) is 0 Å². The first-order valence-corrected chi connectivity index (χ1v) is 6.56. The van der Waals surface area contributed by atoms with Gasteiger partial charge in [0, 0.05) is 3.57 Å². The van der Waals surface area contributed by atoms with Crippen molar-refractivity contribution < 1.29 is 0 Å². The minimum Gasteiger partial charge on any atom is -0.336 e. The summed E-state index contributed by atoms with van der Waals surface area (Å²) in [6.07, 6.45) is 0. The summed E-state index contributed by atoms with van der Waals surface area (Å²) >= 11 is 1.83. The molecule has 0 N–H and O–H groups in total. The van der Waals surface area contributed by atoms with Gasteiger partial charge in [-0.3, -0.25) is 0 Å². The largest absolute Gasteiger partial charge is 0.538 e. The smallest absolute Gasteiger partial charge is 0.336 e. The van der Waals surface area contributed by atoms with Crippen LogP contribution in [0.2, 0.25) is 0 Å². The Kier molecular flexibility index (Phi) is 3.61. The van der Waals surface area contributed by atoms with E-state index < -0.39 is 19.3 Å². The van der Waals surface area contributed by atoms with E-state index in [4.69, 9.17) is 9.07 Å². The zero-order chi connectivity index (χ0) is 6.69. The lowest BCUT2D eigenvalue weighted by Gasteiger charge is -1.91. The molecule has 0 saturated heterocycles. The monoisotopic (exact) mass is 262 g/mol. The topological polar surface area (TPSA) is 0 Å². The van der Waals surface area contributed by atoms with Gasteiger partial charge in [-0.05, 0) is 22.6 Å². The summed E-state index contributed by atoms with van der Waals surface area (Å²) in [5.74, 6) is 0. The van der Waals surface area contributed by atoms with Crippen LogP contribution in [0.3, 0.4) is 0 Å². The molecule has 0 nitrogen and oxygen atoms in total. The molecular formula is C6H4ClIMg. The molecule has 0 amide bonds. The van der Waals surface area contributed by atoms with Gasteiger partial charge in [-0.25, -0.2) is 0 Å². The van der Waals surface area contributed by atoms with Gasteiger partial charge in [0.25, 0.3) is 0 Å². The van der Waals surface area contributed by atoms with Crippen molar-refractivity contribution >= 4 is 54.6 Å². The van der Waals surface area contributed by atoms with Crippen molar-refractivity contribution in [3.63, 3.8) is 0 Å².